The van der Waals surface area contributed by atoms with E-state index in [1.54, 1.807) is 0 Å². The van der Waals surface area contributed by atoms with E-state index < -0.39 is 11.6 Å². The minimum Gasteiger partial charge on any atom is -0.361 e. The number of hydrogen-bond acceptors (Lipinski definition) is 4. The first-order valence-electron chi connectivity index (χ1n) is 6.17. The van der Waals surface area contributed by atoms with Crippen LogP contribution >= 0.6 is 0 Å². The summed E-state index contributed by atoms with van der Waals surface area (Å²) in [6.07, 6.45) is 0. The molecule has 0 bridgehead atoms. The Bertz CT molecular complexity index is 599. The number of nitrogens with two attached hydrogens (primary N) is 1. The van der Waals surface area contributed by atoms with E-state index in [1.807, 2.05) is 38.1 Å². The van der Waals surface area contributed by atoms with E-state index in [-0.39, 0.29) is 17.7 Å². The van der Waals surface area contributed by atoms with E-state index in [9.17, 15) is 8.78 Å². The Hall–Kier alpha value is -2.21. The molecule has 0 amide bonds. The molecule has 6 heteroatoms. The van der Waals surface area contributed by atoms with Gasteiger partial charge >= 0.3 is 0 Å². The standard InChI is InChI=1S/C14H16F2N4/c1-8-3-5-10(6-4-8)9(2)18-13-11(15)7-12(16)14(19-13)20-17/h3-7,9H,17H2,1-2H3,(H2,18,19,20). The highest BCUT2D eigenvalue weighted by atomic mass is 19.1. The predicted molar refractivity (Wildman–Crippen MR) is 75.2 cm³/mol. The fourth-order valence-corrected chi connectivity index (χ4v) is 1.81. The average molecular weight is 278 g/mol. The lowest BCUT2D eigenvalue weighted by Gasteiger charge is -2.16. The molecule has 0 aliphatic rings. The van der Waals surface area contributed by atoms with Crippen LogP contribution < -0.4 is 16.6 Å². The van der Waals surface area contributed by atoms with Crippen LogP contribution in [-0.4, -0.2) is 4.98 Å². The summed E-state index contributed by atoms with van der Waals surface area (Å²) in [5.74, 6) is 3.27. The molecular formula is C14H16F2N4. The number of rotatable bonds is 4. The lowest BCUT2D eigenvalue weighted by atomic mass is 10.1. The molecule has 1 unspecified atom stereocenters. The normalized spacial score (nSPS) is 12.1. The number of anilines is 2. The average Bonchev–Trinajstić information content (AvgIpc) is 2.42. The smallest absolute Gasteiger partial charge is 0.178 e. The van der Waals surface area contributed by atoms with Crippen molar-refractivity contribution in [1.82, 2.24) is 4.98 Å². The molecule has 2 aromatic rings. The third-order valence-electron chi connectivity index (χ3n) is 3.00. The van der Waals surface area contributed by atoms with Gasteiger partial charge in [0.15, 0.2) is 23.3 Å². The molecule has 1 atom stereocenters. The molecule has 106 valence electrons. The number of halogens is 2. The van der Waals surface area contributed by atoms with Crippen molar-refractivity contribution in [2.45, 2.75) is 19.9 Å². The Labute approximate surface area is 116 Å². The second kappa shape index (κ2) is 5.83. The molecule has 0 spiro atoms. The second-order valence-corrected chi connectivity index (χ2v) is 4.57. The number of nitrogens with zero attached hydrogens (tertiary/aromatic N) is 1. The highest BCUT2D eigenvalue weighted by molar-refractivity contribution is 5.48. The summed E-state index contributed by atoms with van der Waals surface area (Å²) in [5, 5.41) is 2.90. The number of benzene rings is 1. The fourth-order valence-electron chi connectivity index (χ4n) is 1.81. The molecule has 0 aliphatic carbocycles. The SMILES string of the molecule is Cc1ccc(C(C)Nc2nc(NN)c(F)cc2F)cc1. The summed E-state index contributed by atoms with van der Waals surface area (Å²) in [4.78, 5) is 3.78. The molecule has 1 aromatic heterocycles. The van der Waals surface area contributed by atoms with Crippen molar-refractivity contribution in [2.75, 3.05) is 10.7 Å². The number of hydrazine groups is 1. The van der Waals surface area contributed by atoms with Crippen molar-refractivity contribution in [2.24, 2.45) is 5.84 Å². The number of pyridine rings is 1. The lowest BCUT2D eigenvalue weighted by Crippen LogP contribution is -2.15. The maximum absolute atomic E-state index is 13.7. The Morgan fingerprint density at radius 3 is 2.30 bits per heavy atom. The number of nitrogen functional groups attached to an aromatic ring is 1. The Morgan fingerprint density at radius 2 is 1.70 bits per heavy atom. The van der Waals surface area contributed by atoms with Crippen molar-refractivity contribution >= 4 is 11.6 Å². The number of nitrogens with one attached hydrogen (secondary N) is 2. The number of aryl methyl sites for hydroxylation is 1. The maximum atomic E-state index is 13.7. The molecule has 0 saturated heterocycles. The van der Waals surface area contributed by atoms with Gasteiger partial charge in [-0.25, -0.2) is 19.6 Å². The quantitative estimate of drug-likeness (QED) is 0.594. The third kappa shape index (κ3) is 3.03. The molecule has 0 aliphatic heterocycles. The monoisotopic (exact) mass is 278 g/mol. The van der Waals surface area contributed by atoms with Gasteiger partial charge in [-0.15, -0.1) is 0 Å². The summed E-state index contributed by atoms with van der Waals surface area (Å²) >= 11 is 0. The molecule has 0 fully saturated rings. The fraction of sp³-hybridized carbons (Fsp3) is 0.214. The van der Waals surface area contributed by atoms with Gasteiger partial charge in [-0.2, -0.15) is 0 Å². The first-order valence-corrected chi connectivity index (χ1v) is 6.17. The van der Waals surface area contributed by atoms with Crippen LogP contribution in [0.15, 0.2) is 30.3 Å². The third-order valence-corrected chi connectivity index (χ3v) is 3.00. The van der Waals surface area contributed by atoms with Gasteiger partial charge in [-0.05, 0) is 19.4 Å². The second-order valence-electron chi connectivity index (χ2n) is 4.57. The molecule has 0 radical (unpaired) electrons. The Kier molecular flexibility index (Phi) is 4.14. The van der Waals surface area contributed by atoms with Crippen molar-refractivity contribution in [1.29, 1.82) is 0 Å². The van der Waals surface area contributed by atoms with E-state index in [0.29, 0.717) is 0 Å². The van der Waals surface area contributed by atoms with Crippen molar-refractivity contribution in [3.63, 3.8) is 0 Å². The van der Waals surface area contributed by atoms with Crippen molar-refractivity contribution in [3.8, 4) is 0 Å². The largest absolute Gasteiger partial charge is 0.361 e. The molecule has 1 heterocycles. The molecule has 4 nitrogen and oxygen atoms in total. The van der Waals surface area contributed by atoms with E-state index in [0.717, 1.165) is 17.2 Å². The summed E-state index contributed by atoms with van der Waals surface area (Å²) in [7, 11) is 0. The van der Waals surface area contributed by atoms with Gasteiger partial charge in [0, 0.05) is 6.07 Å². The maximum Gasteiger partial charge on any atom is 0.178 e. The van der Waals surface area contributed by atoms with E-state index in [1.165, 1.54) is 0 Å². The Balaban J connectivity index is 2.23. The number of aromatic nitrogens is 1. The van der Waals surface area contributed by atoms with E-state index in [2.05, 4.69) is 15.7 Å². The molecule has 0 saturated carbocycles. The van der Waals surface area contributed by atoms with Gasteiger partial charge in [0.05, 0.1) is 6.04 Å². The number of hydrogen-bond donors (Lipinski definition) is 3. The highest BCUT2D eigenvalue weighted by Gasteiger charge is 2.14. The van der Waals surface area contributed by atoms with Gasteiger partial charge in [-0.1, -0.05) is 29.8 Å². The van der Waals surface area contributed by atoms with Gasteiger partial charge in [0.1, 0.15) is 0 Å². The first-order chi connectivity index (χ1) is 9.51. The van der Waals surface area contributed by atoms with Crippen LogP contribution in [0.4, 0.5) is 20.4 Å². The van der Waals surface area contributed by atoms with Gasteiger partial charge in [0.25, 0.3) is 0 Å². The van der Waals surface area contributed by atoms with E-state index in [4.69, 9.17) is 5.84 Å². The summed E-state index contributed by atoms with van der Waals surface area (Å²) in [6, 6.07) is 8.39. The van der Waals surface area contributed by atoms with Crippen molar-refractivity contribution in [3.05, 3.63) is 53.1 Å². The summed E-state index contributed by atoms with van der Waals surface area (Å²) in [6.45, 7) is 3.85. The van der Waals surface area contributed by atoms with Crippen LogP contribution in [0.25, 0.3) is 0 Å². The topological polar surface area (TPSA) is 63.0 Å². The summed E-state index contributed by atoms with van der Waals surface area (Å²) < 4.78 is 26.9. The molecule has 2 rings (SSSR count). The van der Waals surface area contributed by atoms with Crippen LogP contribution in [0.2, 0.25) is 0 Å². The molecular weight excluding hydrogens is 262 g/mol. The van der Waals surface area contributed by atoms with Crippen LogP contribution in [0.1, 0.15) is 24.1 Å². The molecule has 20 heavy (non-hydrogen) atoms. The molecule has 1 aromatic carbocycles. The minimum absolute atomic E-state index is 0.0487. The minimum atomic E-state index is -0.835. The predicted octanol–water partition coefficient (Wildman–Crippen LogP) is 3.13. The van der Waals surface area contributed by atoms with Gasteiger partial charge in [-0.3, -0.25) is 0 Å². The highest BCUT2D eigenvalue weighted by Crippen LogP contribution is 2.23. The van der Waals surface area contributed by atoms with E-state index >= 15 is 0 Å². The lowest BCUT2D eigenvalue weighted by molar-refractivity contribution is 0.576. The van der Waals surface area contributed by atoms with Crippen LogP contribution in [0.5, 0.6) is 0 Å². The zero-order valence-electron chi connectivity index (χ0n) is 11.2. The Morgan fingerprint density at radius 1 is 1.10 bits per heavy atom. The van der Waals surface area contributed by atoms with Gasteiger partial charge in [0.2, 0.25) is 0 Å². The van der Waals surface area contributed by atoms with Gasteiger partial charge < -0.3 is 10.7 Å². The summed E-state index contributed by atoms with van der Waals surface area (Å²) in [5.41, 5.74) is 4.21. The van der Waals surface area contributed by atoms with Crippen LogP contribution in [0.3, 0.4) is 0 Å². The van der Waals surface area contributed by atoms with Crippen LogP contribution in [0, 0.1) is 18.6 Å². The van der Waals surface area contributed by atoms with Crippen molar-refractivity contribution < 1.29 is 8.78 Å². The zero-order chi connectivity index (χ0) is 14.7. The first kappa shape index (κ1) is 14.2. The molecule has 4 N–H and O–H groups in total. The van der Waals surface area contributed by atoms with Crippen LogP contribution in [-0.2, 0) is 0 Å². The zero-order valence-corrected chi connectivity index (χ0v) is 11.2.